The van der Waals surface area contributed by atoms with E-state index in [1.807, 2.05) is 31.2 Å². The molecular weight excluding hydrogens is 378 g/mol. The van der Waals surface area contributed by atoms with Crippen LogP contribution in [0, 0.1) is 5.92 Å². The van der Waals surface area contributed by atoms with E-state index in [1.165, 1.54) is 7.11 Å². The summed E-state index contributed by atoms with van der Waals surface area (Å²) in [6.45, 7) is 5.55. The highest BCUT2D eigenvalue weighted by Gasteiger charge is 2.48. The van der Waals surface area contributed by atoms with Crippen LogP contribution in [-0.4, -0.2) is 43.5 Å². The van der Waals surface area contributed by atoms with Crippen molar-refractivity contribution in [2.24, 2.45) is 5.92 Å². The van der Waals surface area contributed by atoms with Gasteiger partial charge in [0, 0.05) is 17.4 Å². The molecule has 2 aliphatic heterocycles. The van der Waals surface area contributed by atoms with Crippen LogP contribution in [0.1, 0.15) is 18.4 Å². The molecule has 7 nitrogen and oxygen atoms in total. The number of fused-ring (bicyclic) bond motifs is 1. The highest BCUT2D eigenvalue weighted by atomic mass is 32.2. The summed E-state index contributed by atoms with van der Waals surface area (Å²) in [5.74, 6) is -0.196. The molecule has 1 aromatic rings. The van der Waals surface area contributed by atoms with Crippen LogP contribution >= 0.6 is 11.8 Å². The monoisotopic (exact) mass is 403 g/mol. The number of thioether (sulfide) groups is 1. The summed E-state index contributed by atoms with van der Waals surface area (Å²) in [5, 5.41) is 9.69. The number of rotatable bonds is 6. The Labute approximate surface area is 168 Å². The van der Waals surface area contributed by atoms with Gasteiger partial charge in [-0.1, -0.05) is 18.2 Å². The third-order valence-electron chi connectivity index (χ3n) is 4.95. The van der Waals surface area contributed by atoms with Gasteiger partial charge in [-0.15, -0.1) is 18.3 Å². The molecule has 0 spiro atoms. The lowest BCUT2D eigenvalue weighted by Gasteiger charge is -2.45. The fourth-order valence-corrected chi connectivity index (χ4v) is 4.51. The molecule has 3 rings (SSSR count). The van der Waals surface area contributed by atoms with Crippen molar-refractivity contribution in [1.82, 2.24) is 16.0 Å². The van der Waals surface area contributed by atoms with Crippen LogP contribution in [0.4, 0.5) is 0 Å². The molecule has 1 aromatic carbocycles. The van der Waals surface area contributed by atoms with Gasteiger partial charge in [-0.05, 0) is 24.6 Å². The number of ether oxygens (including phenoxy) is 2. The predicted octanol–water partition coefficient (Wildman–Crippen LogP) is 1.69. The maximum atomic E-state index is 13.1. The van der Waals surface area contributed by atoms with Crippen molar-refractivity contribution >= 4 is 23.6 Å². The maximum Gasteiger partial charge on any atom is 0.336 e. The molecule has 2 aliphatic rings. The van der Waals surface area contributed by atoms with Crippen molar-refractivity contribution in [3.8, 4) is 5.75 Å². The molecule has 0 saturated carbocycles. The molecule has 4 unspecified atom stereocenters. The Balaban J connectivity index is 2.04. The normalized spacial score (nSPS) is 26.6. The number of methoxy groups -OCH3 is 2. The molecular formula is C20H25N3O4S. The molecule has 4 atom stereocenters. The third kappa shape index (κ3) is 3.88. The Morgan fingerprint density at radius 2 is 2.11 bits per heavy atom. The number of allylic oxidation sites excluding steroid dienone is 1. The fourth-order valence-electron chi connectivity index (χ4n) is 3.74. The van der Waals surface area contributed by atoms with Crippen LogP contribution in [-0.2, 0) is 14.3 Å². The van der Waals surface area contributed by atoms with Gasteiger partial charge in [0.15, 0.2) is 0 Å². The van der Waals surface area contributed by atoms with E-state index < -0.39 is 17.8 Å². The number of hydrogen-bond donors (Lipinski definition) is 3. The Morgan fingerprint density at radius 3 is 2.79 bits per heavy atom. The molecule has 8 heteroatoms. The highest BCUT2D eigenvalue weighted by molar-refractivity contribution is 7.99. The zero-order valence-electron chi connectivity index (χ0n) is 16.2. The zero-order chi connectivity index (χ0) is 20.3. The van der Waals surface area contributed by atoms with Crippen LogP contribution in [0.3, 0.4) is 0 Å². The van der Waals surface area contributed by atoms with Gasteiger partial charge in [-0.25, -0.2) is 4.79 Å². The third-order valence-corrected chi connectivity index (χ3v) is 5.97. The summed E-state index contributed by atoms with van der Waals surface area (Å²) in [6, 6.07) is 7.44. The average molecular weight is 404 g/mol. The van der Waals surface area contributed by atoms with Crippen LogP contribution in [0.25, 0.3) is 0 Å². The molecule has 150 valence electrons. The minimum absolute atomic E-state index is 0.125. The Bertz CT molecular complexity index is 810. The van der Waals surface area contributed by atoms with Gasteiger partial charge < -0.3 is 20.1 Å². The van der Waals surface area contributed by atoms with Gasteiger partial charge >= 0.3 is 5.97 Å². The number of carbonyl (C=O) groups is 2. The largest absolute Gasteiger partial charge is 0.497 e. The lowest BCUT2D eigenvalue weighted by Crippen LogP contribution is -2.67. The van der Waals surface area contributed by atoms with Crippen LogP contribution in [0.2, 0.25) is 0 Å². The average Bonchev–Trinajstić information content (AvgIpc) is 2.70. The summed E-state index contributed by atoms with van der Waals surface area (Å²) in [5.41, 5.74) is 1.73. The summed E-state index contributed by atoms with van der Waals surface area (Å²) in [4.78, 5) is 25.7. The smallest absolute Gasteiger partial charge is 0.336 e. The van der Waals surface area contributed by atoms with Crippen molar-refractivity contribution in [2.75, 3.05) is 20.0 Å². The van der Waals surface area contributed by atoms with Gasteiger partial charge in [0.25, 0.3) is 0 Å². The molecule has 3 N–H and O–H groups in total. The summed E-state index contributed by atoms with van der Waals surface area (Å²) < 4.78 is 10.4. The van der Waals surface area contributed by atoms with Crippen molar-refractivity contribution in [3.63, 3.8) is 0 Å². The molecule has 0 radical (unpaired) electrons. The van der Waals surface area contributed by atoms with E-state index in [9.17, 15) is 9.59 Å². The second kappa shape index (κ2) is 8.70. The summed E-state index contributed by atoms with van der Waals surface area (Å²) in [7, 11) is 2.93. The number of benzene rings is 1. The van der Waals surface area contributed by atoms with E-state index in [2.05, 4.69) is 22.5 Å². The first-order valence-electron chi connectivity index (χ1n) is 8.98. The molecule has 0 aliphatic carbocycles. The first-order valence-corrected chi connectivity index (χ1v) is 10.0. The van der Waals surface area contributed by atoms with Crippen molar-refractivity contribution < 1.29 is 19.1 Å². The van der Waals surface area contributed by atoms with Crippen molar-refractivity contribution in [1.29, 1.82) is 0 Å². The lowest BCUT2D eigenvalue weighted by atomic mass is 9.74. The lowest BCUT2D eigenvalue weighted by molar-refractivity contribution is -0.137. The van der Waals surface area contributed by atoms with E-state index in [-0.39, 0.29) is 17.6 Å². The van der Waals surface area contributed by atoms with Crippen LogP contribution in [0.5, 0.6) is 5.75 Å². The zero-order valence-corrected chi connectivity index (χ0v) is 17.0. The van der Waals surface area contributed by atoms with E-state index in [0.29, 0.717) is 22.8 Å². The van der Waals surface area contributed by atoms with Gasteiger partial charge in [0.2, 0.25) is 5.91 Å². The van der Waals surface area contributed by atoms with Gasteiger partial charge in [-0.3, -0.25) is 10.1 Å². The van der Waals surface area contributed by atoms with Gasteiger partial charge in [0.1, 0.15) is 11.2 Å². The first-order chi connectivity index (χ1) is 13.5. The standard InChI is InChI=1S/C20H25N3O4S/c1-5-9-28-20-22-17-16(18(24)23-20)15(12-7-6-8-13(10-12)26-3)14(11(2)21-17)19(25)27-4/h5-8,10,15-17,20-22H,1,9H2,2-4H3,(H,23,24). The van der Waals surface area contributed by atoms with E-state index in [4.69, 9.17) is 9.47 Å². The topological polar surface area (TPSA) is 88.7 Å². The molecule has 2 heterocycles. The van der Waals surface area contributed by atoms with Crippen molar-refractivity contribution in [3.05, 3.63) is 53.8 Å². The Hall–Kier alpha value is -2.45. The van der Waals surface area contributed by atoms with E-state index in [1.54, 1.807) is 24.9 Å². The van der Waals surface area contributed by atoms with Gasteiger partial charge in [-0.2, -0.15) is 0 Å². The second-order valence-electron chi connectivity index (χ2n) is 6.61. The van der Waals surface area contributed by atoms with Gasteiger partial charge in [0.05, 0.1) is 31.9 Å². The molecule has 28 heavy (non-hydrogen) atoms. The number of nitrogens with one attached hydrogen (secondary N) is 3. The minimum atomic E-state index is -0.523. The SMILES string of the molecule is C=CCSC1NC(=O)C2C(NC(C)=C(C(=O)OC)C2c2cccc(OC)c2)N1. The quantitative estimate of drug-likeness (QED) is 0.492. The summed E-state index contributed by atoms with van der Waals surface area (Å²) >= 11 is 1.54. The number of esters is 1. The Morgan fingerprint density at radius 1 is 1.32 bits per heavy atom. The summed E-state index contributed by atoms with van der Waals surface area (Å²) in [6.07, 6.45) is 1.47. The molecule has 1 amide bonds. The number of carbonyl (C=O) groups excluding carboxylic acids is 2. The second-order valence-corrected chi connectivity index (χ2v) is 7.75. The van der Waals surface area contributed by atoms with Crippen LogP contribution < -0.4 is 20.7 Å². The van der Waals surface area contributed by atoms with Crippen molar-refractivity contribution in [2.45, 2.75) is 24.5 Å². The predicted molar refractivity (Wildman–Crippen MR) is 109 cm³/mol. The maximum absolute atomic E-state index is 13.1. The number of amides is 1. The molecule has 0 aromatic heterocycles. The molecule has 1 saturated heterocycles. The molecule has 1 fully saturated rings. The number of hydrogen-bond acceptors (Lipinski definition) is 7. The van der Waals surface area contributed by atoms with E-state index >= 15 is 0 Å². The molecule has 0 bridgehead atoms. The Kier molecular flexibility index (Phi) is 6.31. The van der Waals surface area contributed by atoms with Crippen LogP contribution in [0.15, 0.2) is 48.2 Å². The fraction of sp³-hybridized carbons (Fsp3) is 0.400. The van der Waals surface area contributed by atoms with E-state index in [0.717, 1.165) is 5.56 Å². The first kappa shape index (κ1) is 20.3. The highest BCUT2D eigenvalue weighted by Crippen LogP contribution is 2.41. The minimum Gasteiger partial charge on any atom is -0.497 e.